The number of aryl methyl sites for hydroxylation is 2. The Labute approximate surface area is 84.8 Å². The molecule has 0 amide bonds. The zero-order valence-corrected chi connectivity index (χ0v) is 8.18. The topological polar surface area (TPSA) is 112 Å². The van der Waals surface area contributed by atoms with Gasteiger partial charge in [-0.3, -0.25) is 20.2 Å². The zero-order valence-electron chi connectivity index (χ0n) is 8.18. The lowest BCUT2D eigenvalue weighted by atomic mass is 10.1. The zero-order chi connectivity index (χ0) is 11.7. The normalized spacial score (nSPS) is 10.0. The minimum Gasteiger partial charge on any atom is -0.387 e. The van der Waals surface area contributed by atoms with E-state index in [1.54, 1.807) is 0 Å². The van der Waals surface area contributed by atoms with Crippen molar-refractivity contribution in [3.05, 3.63) is 37.4 Å². The summed E-state index contributed by atoms with van der Waals surface area (Å²) in [4.78, 5) is 19.8. The molecule has 1 rings (SSSR count). The van der Waals surface area contributed by atoms with Crippen molar-refractivity contribution < 1.29 is 9.85 Å². The fraction of sp³-hybridized carbons (Fsp3) is 0.250. The molecular formula is C8H9N3O4. The first-order valence-corrected chi connectivity index (χ1v) is 4.04. The van der Waals surface area contributed by atoms with Crippen LogP contribution in [0.5, 0.6) is 0 Å². The fourth-order valence-electron chi connectivity index (χ4n) is 1.48. The van der Waals surface area contributed by atoms with Crippen molar-refractivity contribution in [2.45, 2.75) is 13.8 Å². The summed E-state index contributed by atoms with van der Waals surface area (Å²) in [6.07, 6.45) is 0. The Hall–Kier alpha value is -2.18. The van der Waals surface area contributed by atoms with E-state index in [1.165, 1.54) is 19.9 Å². The maximum absolute atomic E-state index is 10.6. The molecule has 0 radical (unpaired) electrons. The molecule has 2 N–H and O–H groups in total. The summed E-state index contributed by atoms with van der Waals surface area (Å²) in [6, 6.07) is 1.38. The standard InChI is InChI=1S/C8H9N3O4/c1-4-3-5(2)8(11(14)15)6(9)7(4)10(12)13/h3H,9H2,1-2H3. The number of hydrogen-bond donors (Lipinski definition) is 1. The highest BCUT2D eigenvalue weighted by Crippen LogP contribution is 2.36. The highest BCUT2D eigenvalue weighted by Gasteiger charge is 2.27. The maximum atomic E-state index is 10.6. The molecule has 7 nitrogen and oxygen atoms in total. The van der Waals surface area contributed by atoms with Gasteiger partial charge in [0.05, 0.1) is 9.85 Å². The van der Waals surface area contributed by atoms with Gasteiger partial charge in [-0.1, -0.05) is 0 Å². The van der Waals surface area contributed by atoms with E-state index in [2.05, 4.69) is 0 Å². The van der Waals surface area contributed by atoms with Crippen LogP contribution in [0.25, 0.3) is 0 Å². The van der Waals surface area contributed by atoms with E-state index < -0.39 is 21.2 Å². The Balaban J connectivity index is 3.64. The highest BCUT2D eigenvalue weighted by atomic mass is 16.6. The number of rotatable bonds is 2. The molecule has 1 aromatic rings. The second-order valence-electron chi connectivity index (χ2n) is 3.14. The number of anilines is 1. The number of nitrogens with zero attached hydrogens (tertiary/aromatic N) is 2. The third kappa shape index (κ3) is 1.71. The Bertz CT molecular complexity index is 417. The number of benzene rings is 1. The minimum absolute atomic E-state index is 0.320. The predicted octanol–water partition coefficient (Wildman–Crippen LogP) is 1.70. The van der Waals surface area contributed by atoms with E-state index in [-0.39, 0.29) is 5.69 Å². The van der Waals surface area contributed by atoms with Gasteiger partial charge in [-0.25, -0.2) is 0 Å². The van der Waals surface area contributed by atoms with Crippen molar-refractivity contribution in [2.24, 2.45) is 0 Å². The average Bonchev–Trinajstić information content (AvgIpc) is 1.99. The molecule has 80 valence electrons. The molecule has 0 atom stereocenters. The van der Waals surface area contributed by atoms with Crippen LogP contribution in [-0.4, -0.2) is 9.85 Å². The molecule has 0 fully saturated rings. The average molecular weight is 211 g/mol. The molecule has 0 aliphatic rings. The van der Waals surface area contributed by atoms with Crippen LogP contribution in [-0.2, 0) is 0 Å². The van der Waals surface area contributed by atoms with Crippen LogP contribution in [0, 0.1) is 34.1 Å². The van der Waals surface area contributed by atoms with Gasteiger partial charge >= 0.3 is 11.4 Å². The molecule has 0 aromatic heterocycles. The number of nitrogen functional groups attached to an aromatic ring is 1. The van der Waals surface area contributed by atoms with Gasteiger partial charge in [-0.15, -0.1) is 0 Å². The fourth-order valence-corrected chi connectivity index (χ4v) is 1.48. The molecule has 15 heavy (non-hydrogen) atoms. The van der Waals surface area contributed by atoms with Crippen molar-refractivity contribution in [3.63, 3.8) is 0 Å². The molecule has 0 heterocycles. The molecule has 0 bridgehead atoms. The molecule has 0 saturated carbocycles. The van der Waals surface area contributed by atoms with E-state index >= 15 is 0 Å². The Morgan fingerprint density at radius 2 is 1.40 bits per heavy atom. The van der Waals surface area contributed by atoms with Crippen LogP contribution in [0.1, 0.15) is 11.1 Å². The van der Waals surface area contributed by atoms with Gasteiger partial charge in [-0.2, -0.15) is 0 Å². The molecule has 0 saturated heterocycles. The second kappa shape index (κ2) is 3.52. The summed E-state index contributed by atoms with van der Waals surface area (Å²) in [5.74, 6) is 0. The molecule has 1 aromatic carbocycles. The van der Waals surface area contributed by atoms with Crippen LogP contribution < -0.4 is 5.73 Å². The summed E-state index contributed by atoms with van der Waals surface area (Å²) in [5, 5.41) is 21.3. The maximum Gasteiger partial charge on any atom is 0.302 e. The van der Waals surface area contributed by atoms with Gasteiger partial charge in [-0.05, 0) is 19.9 Å². The van der Waals surface area contributed by atoms with Gasteiger partial charge in [0.2, 0.25) is 0 Å². The van der Waals surface area contributed by atoms with Crippen LogP contribution in [0.3, 0.4) is 0 Å². The summed E-state index contributed by atoms with van der Waals surface area (Å²) in [6.45, 7) is 2.98. The van der Waals surface area contributed by atoms with Gasteiger partial charge < -0.3 is 5.73 Å². The van der Waals surface area contributed by atoms with Crippen LogP contribution in [0.2, 0.25) is 0 Å². The third-order valence-electron chi connectivity index (χ3n) is 2.06. The van der Waals surface area contributed by atoms with E-state index in [0.717, 1.165) is 0 Å². The molecule has 0 spiro atoms. The van der Waals surface area contributed by atoms with Crippen molar-refractivity contribution in [2.75, 3.05) is 5.73 Å². The number of nitro benzene ring substituents is 2. The third-order valence-corrected chi connectivity index (χ3v) is 2.06. The Morgan fingerprint density at radius 3 is 1.67 bits per heavy atom. The largest absolute Gasteiger partial charge is 0.387 e. The van der Waals surface area contributed by atoms with Crippen LogP contribution in [0.15, 0.2) is 6.07 Å². The molecular weight excluding hydrogens is 202 g/mol. The van der Waals surface area contributed by atoms with Crippen molar-refractivity contribution in [1.29, 1.82) is 0 Å². The van der Waals surface area contributed by atoms with E-state index in [9.17, 15) is 20.2 Å². The first-order chi connectivity index (χ1) is 6.86. The SMILES string of the molecule is Cc1cc(C)c([N+](=O)[O-])c(N)c1[N+](=O)[O-]. The van der Waals surface area contributed by atoms with Gasteiger partial charge in [0.1, 0.15) is 0 Å². The Morgan fingerprint density at radius 1 is 1.07 bits per heavy atom. The van der Waals surface area contributed by atoms with Crippen molar-refractivity contribution >= 4 is 17.1 Å². The van der Waals surface area contributed by atoms with E-state index in [4.69, 9.17) is 5.73 Å². The lowest BCUT2D eigenvalue weighted by Gasteiger charge is -2.04. The number of hydrogen-bond acceptors (Lipinski definition) is 5. The number of nitrogens with two attached hydrogens (primary N) is 1. The van der Waals surface area contributed by atoms with E-state index in [1.807, 2.05) is 0 Å². The van der Waals surface area contributed by atoms with E-state index in [0.29, 0.717) is 11.1 Å². The van der Waals surface area contributed by atoms with Gasteiger partial charge in [0, 0.05) is 11.1 Å². The summed E-state index contributed by atoms with van der Waals surface area (Å²) in [7, 11) is 0. The summed E-state index contributed by atoms with van der Waals surface area (Å²) >= 11 is 0. The van der Waals surface area contributed by atoms with Crippen molar-refractivity contribution in [1.82, 2.24) is 0 Å². The van der Waals surface area contributed by atoms with Crippen molar-refractivity contribution in [3.8, 4) is 0 Å². The lowest BCUT2D eigenvalue weighted by Crippen LogP contribution is -2.04. The number of nitro groups is 2. The van der Waals surface area contributed by atoms with Gasteiger partial charge in [0.25, 0.3) is 0 Å². The smallest absolute Gasteiger partial charge is 0.302 e. The van der Waals surface area contributed by atoms with Crippen LogP contribution >= 0.6 is 0 Å². The first kappa shape index (κ1) is 10.9. The molecule has 0 aliphatic heterocycles. The summed E-state index contributed by atoms with van der Waals surface area (Å²) in [5.41, 5.74) is 4.86. The minimum atomic E-state index is -0.711. The first-order valence-electron chi connectivity index (χ1n) is 4.04. The predicted molar refractivity (Wildman–Crippen MR) is 53.6 cm³/mol. The Kier molecular flexibility index (Phi) is 2.56. The molecule has 0 unspecified atom stereocenters. The molecule has 0 aliphatic carbocycles. The quantitative estimate of drug-likeness (QED) is 0.454. The summed E-state index contributed by atoms with van der Waals surface area (Å²) < 4.78 is 0. The monoisotopic (exact) mass is 211 g/mol. The van der Waals surface area contributed by atoms with Crippen LogP contribution in [0.4, 0.5) is 17.1 Å². The molecule has 7 heteroatoms. The second-order valence-corrected chi connectivity index (χ2v) is 3.14. The highest BCUT2D eigenvalue weighted by molar-refractivity contribution is 5.76. The van der Waals surface area contributed by atoms with Gasteiger partial charge in [0.15, 0.2) is 5.69 Å². The lowest BCUT2D eigenvalue weighted by molar-refractivity contribution is -0.392.